The normalized spacial score (nSPS) is 12.6. The number of phenols is 2. The summed E-state index contributed by atoms with van der Waals surface area (Å²) in [4.78, 5) is 13.6. The van der Waals surface area contributed by atoms with Crippen molar-refractivity contribution in [3.05, 3.63) is 143 Å². The van der Waals surface area contributed by atoms with Gasteiger partial charge in [-0.25, -0.2) is 0 Å². The molecule has 1 aliphatic carbocycles. The summed E-state index contributed by atoms with van der Waals surface area (Å²) in [5.74, 6) is 0.0555. The lowest BCUT2D eigenvalue weighted by atomic mass is 10.0. The van der Waals surface area contributed by atoms with Crippen LogP contribution in [0.2, 0.25) is 0 Å². The van der Waals surface area contributed by atoms with E-state index in [0.717, 1.165) is 43.8 Å². The van der Waals surface area contributed by atoms with Gasteiger partial charge in [0.05, 0.1) is 22.7 Å². The molecule has 7 aromatic carbocycles. The van der Waals surface area contributed by atoms with E-state index in [1.807, 2.05) is 118 Å². The van der Waals surface area contributed by atoms with Crippen LogP contribution in [-0.4, -0.2) is 16.0 Å². The largest absolute Gasteiger partial charge is 0.505 e. The first kappa shape index (κ1) is 31.4. The van der Waals surface area contributed by atoms with Crippen molar-refractivity contribution in [2.75, 3.05) is 0 Å². The van der Waals surface area contributed by atoms with Crippen molar-refractivity contribution in [1.82, 2.24) is 0 Å². The molecule has 7 aromatic rings. The van der Waals surface area contributed by atoms with Crippen LogP contribution in [0.1, 0.15) is 32.6 Å². The Balaban J connectivity index is 1.01. The number of phenolic OH excluding ortho intramolecular Hbond substituents is 2. The maximum atomic E-state index is 13.6. The van der Waals surface area contributed by atoms with Crippen molar-refractivity contribution in [3.63, 3.8) is 0 Å². The summed E-state index contributed by atoms with van der Waals surface area (Å²) in [6, 6.07) is 35.6. The fourth-order valence-corrected chi connectivity index (χ4v) is 6.43. The van der Waals surface area contributed by atoms with Crippen LogP contribution >= 0.6 is 0 Å². The second-order valence-electron chi connectivity index (χ2n) is 12.6. The second-order valence-corrected chi connectivity index (χ2v) is 12.6. The van der Waals surface area contributed by atoms with E-state index in [-0.39, 0.29) is 17.3 Å². The molecule has 51 heavy (non-hydrogen) atoms. The Morgan fingerprint density at radius 1 is 0.431 bits per heavy atom. The zero-order chi connectivity index (χ0) is 35.2. The van der Waals surface area contributed by atoms with E-state index in [2.05, 4.69) is 30.7 Å². The third kappa shape index (κ3) is 5.70. The van der Waals surface area contributed by atoms with E-state index >= 15 is 0 Å². The van der Waals surface area contributed by atoms with Crippen molar-refractivity contribution in [1.29, 1.82) is 0 Å². The lowest BCUT2D eigenvalue weighted by Crippen LogP contribution is -1.94. The predicted molar refractivity (Wildman–Crippen MR) is 200 cm³/mol. The fourth-order valence-electron chi connectivity index (χ4n) is 6.43. The molecule has 0 bridgehead atoms. The average molecular weight is 667 g/mol. The molecule has 1 aliphatic rings. The third-order valence-corrected chi connectivity index (χ3v) is 9.14. The zero-order valence-electron chi connectivity index (χ0n) is 28.0. The van der Waals surface area contributed by atoms with Crippen LogP contribution in [0, 0.1) is 20.8 Å². The number of carbonyl (C=O) groups excluding carboxylic acids is 1. The first-order valence-corrected chi connectivity index (χ1v) is 16.4. The van der Waals surface area contributed by atoms with Crippen LogP contribution in [0.4, 0.5) is 34.1 Å². The summed E-state index contributed by atoms with van der Waals surface area (Å²) >= 11 is 0. The average Bonchev–Trinajstić information content (AvgIpc) is 3.41. The van der Waals surface area contributed by atoms with Gasteiger partial charge < -0.3 is 10.2 Å². The van der Waals surface area contributed by atoms with E-state index in [0.29, 0.717) is 50.8 Å². The molecule has 9 heteroatoms. The number of rotatable bonds is 6. The molecule has 0 aliphatic heterocycles. The predicted octanol–water partition coefficient (Wildman–Crippen LogP) is 12.8. The fraction of sp³-hybridized carbons (Fsp3) is 0.0714. The summed E-state index contributed by atoms with van der Waals surface area (Å²) in [5.41, 5.74) is 8.10. The molecule has 2 N–H and O–H groups in total. The number of ketones is 1. The van der Waals surface area contributed by atoms with Gasteiger partial charge in [0.1, 0.15) is 22.9 Å². The lowest BCUT2D eigenvalue weighted by Gasteiger charge is -2.07. The molecule has 0 spiro atoms. The Bertz CT molecular complexity index is 2680. The summed E-state index contributed by atoms with van der Waals surface area (Å²) < 4.78 is 0. The van der Waals surface area contributed by atoms with Crippen molar-refractivity contribution in [2.24, 2.45) is 30.7 Å². The molecule has 0 atom stereocenters. The highest BCUT2D eigenvalue weighted by molar-refractivity contribution is 6.22. The van der Waals surface area contributed by atoms with Gasteiger partial charge in [-0.3, -0.25) is 4.79 Å². The molecule has 0 unspecified atom stereocenters. The first-order chi connectivity index (χ1) is 24.7. The van der Waals surface area contributed by atoms with Crippen LogP contribution in [0.5, 0.6) is 11.5 Å². The number of benzene rings is 7. The SMILES string of the molecule is Cc1cc(N=Nc2ccc3c(c2)C(=O)c2cc(N=Nc4c(O)c(C)cc5ccccc45)ccc2-3)ccc1N=Nc1c(O)c(C)cc2ccccc12. The number of nitrogens with zero attached hydrogens (tertiary/aromatic N) is 6. The van der Waals surface area contributed by atoms with E-state index in [1.54, 1.807) is 18.2 Å². The minimum atomic E-state index is -0.129. The molecule has 0 fully saturated rings. The van der Waals surface area contributed by atoms with Gasteiger partial charge in [0.2, 0.25) is 0 Å². The van der Waals surface area contributed by atoms with E-state index in [9.17, 15) is 15.0 Å². The van der Waals surface area contributed by atoms with E-state index < -0.39 is 0 Å². The lowest BCUT2D eigenvalue weighted by molar-refractivity contribution is 0.104. The van der Waals surface area contributed by atoms with Gasteiger partial charge in [0.15, 0.2) is 5.78 Å². The van der Waals surface area contributed by atoms with Crippen molar-refractivity contribution in [3.8, 4) is 22.6 Å². The Labute approximate surface area is 293 Å². The monoisotopic (exact) mass is 666 g/mol. The summed E-state index contributed by atoms with van der Waals surface area (Å²) in [6.07, 6.45) is 0. The Morgan fingerprint density at radius 3 is 1.41 bits per heavy atom. The highest BCUT2D eigenvalue weighted by Gasteiger charge is 2.27. The Morgan fingerprint density at radius 2 is 0.882 bits per heavy atom. The van der Waals surface area contributed by atoms with E-state index in [1.165, 1.54) is 0 Å². The van der Waals surface area contributed by atoms with Gasteiger partial charge in [-0.1, -0.05) is 60.7 Å². The number of aromatic hydroxyl groups is 2. The highest BCUT2D eigenvalue weighted by atomic mass is 16.3. The van der Waals surface area contributed by atoms with Crippen molar-refractivity contribution in [2.45, 2.75) is 20.8 Å². The number of azo groups is 3. The van der Waals surface area contributed by atoms with Gasteiger partial charge in [-0.15, -0.1) is 10.2 Å². The minimum Gasteiger partial charge on any atom is -0.505 e. The quantitative estimate of drug-likeness (QED) is 0.171. The van der Waals surface area contributed by atoms with Gasteiger partial charge in [0, 0.05) is 21.9 Å². The van der Waals surface area contributed by atoms with Crippen molar-refractivity contribution < 1.29 is 15.0 Å². The van der Waals surface area contributed by atoms with Gasteiger partial charge in [0.25, 0.3) is 0 Å². The molecule has 0 amide bonds. The van der Waals surface area contributed by atoms with Crippen LogP contribution in [-0.2, 0) is 0 Å². The molecule has 0 heterocycles. The number of hydrogen-bond acceptors (Lipinski definition) is 9. The minimum absolute atomic E-state index is 0.0773. The maximum Gasteiger partial charge on any atom is 0.194 e. The number of aryl methyl sites for hydroxylation is 3. The number of hydrogen-bond donors (Lipinski definition) is 2. The molecule has 8 rings (SSSR count). The van der Waals surface area contributed by atoms with Gasteiger partial charge in [-0.2, -0.15) is 20.5 Å². The van der Waals surface area contributed by atoms with Crippen LogP contribution in [0.25, 0.3) is 32.7 Å². The Hall–Kier alpha value is -6.87. The standard InChI is InChI=1S/C42H30N6O3/c1-23-20-28(14-17-37(23)46-48-39-32-11-7-5-9-27(32)19-25(3)41(39)50)43-44-29-12-15-33-34-16-13-30(22-36(34)42(51)35(33)21-29)45-47-38-31-10-6-4-8-26(31)18-24(2)40(38)49/h4-22,49-50H,1-3H3. The topological polar surface area (TPSA) is 132 Å². The highest BCUT2D eigenvalue weighted by Crippen LogP contribution is 2.43. The first-order valence-electron chi connectivity index (χ1n) is 16.4. The third-order valence-electron chi connectivity index (χ3n) is 9.14. The molecular weight excluding hydrogens is 637 g/mol. The van der Waals surface area contributed by atoms with Crippen LogP contribution < -0.4 is 0 Å². The van der Waals surface area contributed by atoms with Crippen molar-refractivity contribution >= 4 is 61.5 Å². The van der Waals surface area contributed by atoms with Crippen LogP contribution in [0.15, 0.2) is 146 Å². The molecule has 0 aromatic heterocycles. The second kappa shape index (κ2) is 12.5. The number of fused-ring (bicyclic) bond motifs is 5. The molecule has 9 nitrogen and oxygen atoms in total. The molecule has 246 valence electrons. The van der Waals surface area contributed by atoms with Gasteiger partial charge in [-0.05, 0) is 114 Å². The van der Waals surface area contributed by atoms with Gasteiger partial charge >= 0.3 is 0 Å². The Kier molecular flexibility index (Phi) is 7.72. The summed E-state index contributed by atoms with van der Waals surface area (Å²) in [6.45, 7) is 5.58. The molecule has 0 saturated carbocycles. The zero-order valence-corrected chi connectivity index (χ0v) is 28.0. The summed E-state index contributed by atoms with van der Waals surface area (Å²) in [5, 5.41) is 51.5. The molecular formula is C42H30N6O3. The van der Waals surface area contributed by atoms with E-state index in [4.69, 9.17) is 0 Å². The van der Waals surface area contributed by atoms with Crippen LogP contribution in [0.3, 0.4) is 0 Å². The maximum absolute atomic E-state index is 13.6. The smallest absolute Gasteiger partial charge is 0.194 e. The molecule has 0 radical (unpaired) electrons. The molecule has 0 saturated heterocycles. The summed E-state index contributed by atoms with van der Waals surface area (Å²) in [7, 11) is 0. The number of carbonyl (C=O) groups is 1.